The minimum absolute atomic E-state index is 0. The molecule has 0 aliphatic carbocycles. The lowest BCUT2D eigenvalue weighted by Crippen LogP contribution is -2.10. The number of hydrogen-bond acceptors (Lipinski definition) is 1. The van der Waals surface area contributed by atoms with Gasteiger partial charge in [0.1, 0.15) is 5.84 Å². The van der Waals surface area contributed by atoms with E-state index in [9.17, 15) is 0 Å². The molecule has 0 spiro atoms. The van der Waals surface area contributed by atoms with Crippen LogP contribution in [0.4, 0.5) is 0 Å². The monoisotopic (exact) mass is 190 g/mol. The Balaban J connectivity index is 0.000001000. The van der Waals surface area contributed by atoms with Crippen LogP contribution in [0.15, 0.2) is 24.3 Å². The van der Waals surface area contributed by atoms with E-state index in [2.05, 4.69) is 0 Å². The fourth-order valence-corrected chi connectivity index (χ4v) is 0.755. The first-order valence-corrected chi connectivity index (χ1v) is 3.18. The van der Waals surface area contributed by atoms with Crippen LogP contribution in [0.5, 0.6) is 0 Å². The summed E-state index contributed by atoms with van der Waals surface area (Å²) in [5, 5.41) is 7.70. The van der Waals surface area contributed by atoms with E-state index in [-0.39, 0.29) is 18.2 Å². The predicted molar refractivity (Wildman–Crippen MR) is 49.7 cm³/mol. The minimum Gasteiger partial charge on any atom is -0.384 e. The molecule has 3 N–H and O–H groups in total. The largest absolute Gasteiger partial charge is 0.384 e. The van der Waals surface area contributed by atoms with Gasteiger partial charge in [-0.2, -0.15) is 0 Å². The molecule has 0 atom stereocenters. The Morgan fingerprint density at radius 2 is 1.73 bits per heavy atom. The topological polar surface area (TPSA) is 49.9 Å². The van der Waals surface area contributed by atoms with Crippen molar-refractivity contribution in [1.29, 1.82) is 5.41 Å². The Bertz CT molecular complexity index is 243. The summed E-state index contributed by atoms with van der Waals surface area (Å²) in [5.41, 5.74) is 5.90. The maximum atomic E-state index is 7.04. The highest BCUT2D eigenvalue weighted by atomic mass is 35.5. The maximum Gasteiger partial charge on any atom is 0.122 e. The molecule has 4 heteroatoms. The van der Waals surface area contributed by atoms with Crippen molar-refractivity contribution in [3.63, 3.8) is 0 Å². The van der Waals surface area contributed by atoms with Gasteiger partial charge in [-0.3, -0.25) is 5.41 Å². The molecule has 0 aliphatic rings. The first-order chi connectivity index (χ1) is 4.70. The van der Waals surface area contributed by atoms with Crippen LogP contribution in [0.25, 0.3) is 0 Å². The SMILES string of the molecule is Cl.N=C(N)c1ccc(Cl)cc1. The molecule has 0 saturated heterocycles. The van der Waals surface area contributed by atoms with E-state index in [0.29, 0.717) is 10.6 Å². The lowest BCUT2D eigenvalue weighted by atomic mass is 10.2. The zero-order chi connectivity index (χ0) is 7.56. The van der Waals surface area contributed by atoms with Crippen LogP contribution in [0, 0.1) is 5.41 Å². The zero-order valence-corrected chi connectivity index (χ0v) is 7.25. The maximum absolute atomic E-state index is 7.04. The number of halogens is 2. The minimum atomic E-state index is 0. The van der Waals surface area contributed by atoms with Crippen LogP contribution in [0.2, 0.25) is 5.02 Å². The van der Waals surface area contributed by atoms with E-state index >= 15 is 0 Å². The van der Waals surface area contributed by atoms with Crippen LogP contribution < -0.4 is 5.73 Å². The van der Waals surface area contributed by atoms with Crippen molar-refractivity contribution < 1.29 is 0 Å². The van der Waals surface area contributed by atoms with E-state index in [1.54, 1.807) is 24.3 Å². The van der Waals surface area contributed by atoms with Crippen molar-refractivity contribution >= 4 is 29.8 Å². The summed E-state index contributed by atoms with van der Waals surface area (Å²) >= 11 is 5.61. The van der Waals surface area contributed by atoms with Crippen molar-refractivity contribution in [1.82, 2.24) is 0 Å². The van der Waals surface area contributed by atoms with Crippen molar-refractivity contribution in [3.8, 4) is 0 Å². The molecule has 1 aromatic rings. The molecule has 2 nitrogen and oxygen atoms in total. The fraction of sp³-hybridized carbons (Fsp3) is 0. The van der Waals surface area contributed by atoms with Crippen LogP contribution in [0.1, 0.15) is 5.56 Å². The van der Waals surface area contributed by atoms with Gasteiger partial charge in [-0.25, -0.2) is 0 Å². The summed E-state index contributed by atoms with van der Waals surface area (Å²) in [5.74, 6) is 0.0664. The highest BCUT2D eigenvalue weighted by molar-refractivity contribution is 6.30. The number of hydrogen-bond donors (Lipinski definition) is 2. The molecule has 0 aromatic heterocycles. The first-order valence-electron chi connectivity index (χ1n) is 2.80. The summed E-state index contributed by atoms with van der Waals surface area (Å²) in [6.07, 6.45) is 0. The molecular weight excluding hydrogens is 183 g/mol. The lowest BCUT2D eigenvalue weighted by Gasteiger charge is -1.95. The van der Waals surface area contributed by atoms with Crippen molar-refractivity contribution in [2.75, 3.05) is 0 Å². The summed E-state index contributed by atoms with van der Waals surface area (Å²) < 4.78 is 0. The lowest BCUT2D eigenvalue weighted by molar-refractivity contribution is 1.42. The number of nitrogens with one attached hydrogen (secondary N) is 1. The van der Waals surface area contributed by atoms with Gasteiger partial charge >= 0.3 is 0 Å². The molecule has 0 fully saturated rings. The van der Waals surface area contributed by atoms with Crippen LogP contribution >= 0.6 is 24.0 Å². The summed E-state index contributed by atoms with van der Waals surface area (Å²) in [7, 11) is 0. The smallest absolute Gasteiger partial charge is 0.122 e. The molecule has 1 rings (SSSR count). The average Bonchev–Trinajstić information content (AvgIpc) is 1.88. The van der Waals surface area contributed by atoms with Gasteiger partial charge in [0.05, 0.1) is 0 Å². The van der Waals surface area contributed by atoms with Gasteiger partial charge in [-0.1, -0.05) is 11.6 Å². The number of nitrogens with two attached hydrogens (primary N) is 1. The van der Waals surface area contributed by atoms with Crippen molar-refractivity contribution in [3.05, 3.63) is 34.9 Å². The second-order valence-electron chi connectivity index (χ2n) is 1.92. The van der Waals surface area contributed by atoms with Crippen LogP contribution in [-0.2, 0) is 0 Å². The van der Waals surface area contributed by atoms with Gasteiger partial charge < -0.3 is 5.73 Å². The normalized spacial score (nSPS) is 8.45. The summed E-state index contributed by atoms with van der Waals surface area (Å²) in [4.78, 5) is 0. The Labute approximate surface area is 76.3 Å². The third kappa shape index (κ3) is 2.78. The summed E-state index contributed by atoms with van der Waals surface area (Å²) in [6.45, 7) is 0. The predicted octanol–water partition coefficient (Wildman–Crippen LogP) is 2.05. The quantitative estimate of drug-likeness (QED) is 0.517. The molecule has 0 heterocycles. The van der Waals surface area contributed by atoms with Crippen LogP contribution in [-0.4, -0.2) is 5.84 Å². The number of nitrogen functional groups attached to an aromatic ring is 1. The Morgan fingerprint density at radius 3 is 2.09 bits per heavy atom. The molecule has 0 amide bonds. The van der Waals surface area contributed by atoms with Gasteiger partial charge in [0.15, 0.2) is 0 Å². The van der Waals surface area contributed by atoms with Gasteiger partial charge in [0, 0.05) is 10.6 Å². The summed E-state index contributed by atoms with van der Waals surface area (Å²) in [6, 6.07) is 6.84. The molecule has 0 saturated carbocycles. The molecule has 0 unspecified atom stereocenters. The molecule has 11 heavy (non-hydrogen) atoms. The average molecular weight is 191 g/mol. The molecule has 0 aliphatic heterocycles. The van der Waals surface area contributed by atoms with Crippen LogP contribution in [0.3, 0.4) is 0 Å². The molecule has 60 valence electrons. The first kappa shape index (κ1) is 10.3. The highest BCUT2D eigenvalue weighted by Gasteiger charge is 1.93. The van der Waals surface area contributed by atoms with Gasteiger partial charge in [-0.05, 0) is 24.3 Å². The standard InChI is InChI=1S/C7H7ClN2.ClH/c8-6-3-1-5(2-4-6)7(9)10;/h1-4H,(H3,9,10);1H. The van der Waals surface area contributed by atoms with E-state index in [1.807, 2.05) is 0 Å². The van der Waals surface area contributed by atoms with E-state index in [4.69, 9.17) is 22.7 Å². The number of rotatable bonds is 1. The van der Waals surface area contributed by atoms with Gasteiger partial charge in [0.25, 0.3) is 0 Å². The molecule has 1 aromatic carbocycles. The fourth-order valence-electron chi connectivity index (χ4n) is 0.629. The second-order valence-corrected chi connectivity index (χ2v) is 2.36. The van der Waals surface area contributed by atoms with E-state index in [1.165, 1.54) is 0 Å². The molecule has 0 bridgehead atoms. The van der Waals surface area contributed by atoms with Gasteiger partial charge in [0.2, 0.25) is 0 Å². The zero-order valence-electron chi connectivity index (χ0n) is 5.67. The van der Waals surface area contributed by atoms with E-state index < -0.39 is 0 Å². The third-order valence-electron chi connectivity index (χ3n) is 1.16. The highest BCUT2D eigenvalue weighted by Crippen LogP contribution is 2.08. The number of benzene rings is 1. The second kappa shape index (κ2) is 4.21. The Hall–Kier alpha value is -0.730. The molecular formula is C7H8Cl2N2. The van der Waals surface area contributed by atoms with Crippen molar-refractivity contribution in [2.24, 2.45) is 5.73 Å². The number of amidine groups is 1. The van der Waals surface area contributed by atoms with Gasteiger partial charge in [-0.15, -0.1) is 12.4 Å². The molecule has 0 radical (unpaired) electrons. The third-order valence-corrected chi connectivity index (χ3v) is 1.41. The van der Waals surface area contributed by atoms with E-state index in [0.717, 1.165) is 0 Å². The Morgan fingerprint density at radius 1 is 1.27 bits per heavy atom. The Kier molecular flexibility index (Phi) is 3.93. The van der Waals surface area contributed by atoms with Crippen molar-refractivity contribution in [2.45, 2.75) is 0 Å².